The second-order valence-corrected chi connectivity index (χ2v) is 8.11. The minimum atomic E-state index is -0.448. The third kappa shape index (κ3) is 5.19. The number of benzene rings is 3. The van der Waals surface area contributed by atoms with E-state index in [-0.39, 0.29) is 18.2 Å². The Bertz CT molecular complexity index is 1090. The number of anilines is 2. The van der Waals surface area contributed by atoms with Crippen molar-refractivity contribution in [1.29, 1.82) is 0 Å². The molecule has 0 saturated carbocycles. The van der Waals surface area contributed by atoms with Gasteiger partial charge in [0.2, 0.25) is 11.8 Å². The van der Waals surface area contributed by atoms with Crippen molar-refractivity contribution in [3.63, 3.8) is 0 Å². The van der Waals surface area contributed by atoms with Gasteiger partial charge < -0.3 is 15.0 Å². The Hall–Kier alpha value is -3.02. The zero-order chi connectivity index (χ0) is 21.8. The van der Waals surface area contributed by atoms with Gasteiger partial charge in [-0.2, -0.15) is 0 Å². The zero-order valence-corrected chi connectivity index (χ0v) is 18.1. The lowest BCUT2D eigenvalue weighted by atomic mass is 10.1. The van der Waals surface area contributed by atoms with Crippen LogP contribution in [-0.4, -0.2) is 18.4 Å². The molecule has 0 aromatic heterocycles. The Morgan fingerprint density at radius 1 is 1.00 bits per heavy atom. The SMILES string of the molecule is O=C(Nc1ccc(Cl)c(Cl)c1)[C@@H]1CC(=O)N(c2ccc(OCc3ccccc3)cc2)C1. The number of hydrogen-bond acceptors (Lipinski definition) is 3. The van der Waals surface area contributed by atoms with Gasteiger partial charge in [-0.15, -0.1) is 0 Å². The van der Waals surface area contributed by atoms with Crippen LogP contribution in [0, 0.1) is 5.92 Å². The van der Waals surface area contributed by atoms with Gasteiger partial charge in [0.1, 0.15) is 12.4 Å². The standard InChI is InChI=1S/C24H20Cl2N2O3/c25-21-11-6-18(13-22(21)26)27-24(30)17-12-23(29)28(14-17)19-7-9-20(10-8-19)31-15-16-4-2-1-3-5-16/h1-11,13,17H,12,14-15H2,(H,27,30)/t17-/m1/s1. The van der Waals surface area contributed by atoms with Gasteiger partial charge in [-0.25, -0.2) is 0 Å². The van der Waals surface area contributed by atoms with Crippen molar-refractivity contribution in [2.24, 2.45) is 5.92 Å². The van der Waals surface area contributed by atoms with Crippen LogP contribution >= 0.6 is 23.2 Å². The Labute approximate surface area is 190 Å². The molecule has 1 aliphatic heterocycles. The third-order valence-corrected chi connectivity index (χ3v) is 5.82. The number of halogens is 2. The van der Waals surface area contributed by atoms with E-state index in [1.165, 1.54) is 0 Å². The Morgan fingerprint density at radius 3 is 2.45 bits per heavy atom. The summed E-state index contributed by atoms with van der Waals surface area (Å²) in [5.74, 6) is -0.0478. The zero-order valence-electron chi connectivity index (χ0n) is 16.6. The van der Waals surface area contributed by atoms with Crippen molar-refractivity contribution in [3.05, 3.63) is 88.4 Å². The van der Waals surface area contributed by atoms with E-state index in [1.807, 2.05) is 54.6 Å². The van der Waals surface area contributed by atoms with Crippen LogP contribution in [0.5, 0.6) is 5.75 Å². The summed E-state index contributed by atoms with van der Waals surface area (Å²) in [7, 11) is 0. The largest absolute Gasteiger partial charge is 0.489 e. The number of ether oxygens (including phenoxy) is 1. The molecule has 0 bridgehead atoms. The van der Waals surface area contributed by atoms with Gasteiger partial charge in [0.05, 0.1) is 16.0 Å². The summed E-state index contributed by atoms with van der Waals surface area (Å²) in [6.07, 6.45) is 0.152. The Balaban J connectivity index is 1.36. The summed E-state index contributed by atoms with van der Waals surface area (Å²) in [5, 5.41) is 3.58. The monoisotopic (exact) mass is 454 g/mol. The highest BCUT2D eigenvalue weighted by atomic mass is 35.5. The molecular formula is C24H20Cl2N2O3. The van der Waals surface area contributed by atoms with E-state index >= 15 is 0 Å². The Morgan fingerprint density at radius 2 is 1.74 bits per heavy atom. The molecule has 31 heavy (non-hydrogen) atoms. The molecular weight excluding hydrogens is 435 g/mol. The van der Waals surface area contributed by atoms with Gasteiger partial charge >= 0.3 is 0 Å². The van der Waals surface area contributed by atoms with Crippen LogP contribution in [0.1, 0.15) is 12.0 Å². The highest BCUT2D eigenvalue weighted by Gasteiger charge is 2.35. The van der Waals surface area contributed by atoms with Crippen molar-refractivity contribution in [2.75, 3.05) is 16.8 Å². The lowest BCUT2D eigenvalue weighted by molar-refractivity contribution is -0.122. The molecule has 158 valence electrons. The fraction of sp³-hybridized carbons (Fsp3) is 0.167. The lowest BCUT2D eigenvalue weighted by Gasteiger charge is -2.17. The van der Waals surface area contributed by atoms with Crippen LogP contribution < -0.4 is 15.0 Å². The molecule has 2 amide bonds. The van der Waals surface area contributed by atoms with E-state index in [2.05, 4.69) is 5.32 Å². The second kappa shape index (κ2) is 9.41. The number of amides is 2. The van der Waals surface area contributed by atoms with E-state index in [4.69, 9.17) is 27.9 Å². The predicted molar refractivity (Wildman–Crippen MR) is 123 cm³/mol. The molecule has 3 aromatic rings. The molecule has 1 atom stereocenters. The van der Waals surface area contributed by atoms with E-state index in [1.54, 1.807) is 23.1 Å². The summed E-state index contributed by atoms with van der Waals surface area (Å²) in [6.45, 7) is 0.788. The third-order valence-electron chi connectivity index (χ3n) is 5.08. The molecule has 5 nitrogen and oxygen atoms in total. The molecule has 1 fully saturated rings. The topological polar surface area (TPSA) is 58.6 Å². The van der Waals surface area contributed by atoms with Crippen molar-refractivity contribution in [3.8, 4) is 5.75 Å². The van der Waals surface area contributed by atoms with Gasteiger partial charge in [-0.1, -0.05) is 53.5 Å². The van der Waals surface area contributed by atoms with Gasteiger partial charge in [0.25, 0.3) is 0 Å². The minimum absolute atomic E-state index is 0.0905. The van der Waals surface area contributed by atoms with Gasteiger partial charge in [0.15, 0.2) is 0 Å². The average Bonchev–Trinajstić information content (AvgIpc) is 3.18. The second-order valence-electron chi connectivity index (χ2n) is 7.29. The molecule has 0 aliphatic carbocycles. The van der Waals surface area contributed by atoms with E-state index < -0.39 is 5.92 Å². The molecule has 1 N–H and O–H groups in total. The first-order valence-corrected chi connectivity index (χ1v) is 10.6. The van der Waals surface area contributed by atoms with Crippen LogP contribution in [0.2, 0.25) is 10.0 Å². The fourth-order valence-electron chi connectivity index (χ4n) is 3.41. The molecule has 1 aliphatic rings. The van der Waals surface area contributed by atoms with Gasteiger partial charge in [-0.3, -0.25) is 9.59 Å². The molecule has 1 heterocycles. The van der Waals surface area contributed by atoms with Crippen molar-refractivity contribution < 1.29 is 14.3 Å². The summed E-state index contributed by atoms with van der Waals surface area (Å²) >= 11 is 11.9. The highest BCUT2D eigenvalue weighted by molar-refractivity contribution is 6.42. The number of hydrogen-bond donors (Lipinski definition) is 1. The maximum Gasteiger partial charge on any atom is 0.229 e. The lowest BCUT2D eigenvalue weighted by Crippen LogP contribution is -2.28. The molecule has 0 radical (unpaired) electrons. The number of rotatable bonds is 6. The number of carbonyl (C=O) groups excluding carboxylic acids is 2. The van der Waals surface area contributed by atoms with Crippen LogP contribution in [0.25, 0.3) is 0 Å². The van der Waals surface area contributed by atoms with Crippen LogP contribution in [0.3, 0.4) is 0 Å². The summed E-state index contributed by atoms with van der Waals surface area (Å²) in [4.78, 5) is 26.8. The summed E-state index contributed by atoms with van der Waals surface area (Å²) in [6, 6.07) is 22.1. The minimum Gasteiger partial charge on any atom is -0.489 e. The maximum absolute atomic E-state index is 12.6. The van der Waals surface area contributed by atoms with E-state index in [0.29, 0.717) is 34.6 Å². The number of nitrogens with zero attached hydrogens (tertiary/aromatic N) is 1. The first-order valence-electron chi connectivity index (χ1n) is 9.82. The van der Waals surface area contributed by atoms with Crippen molar-refractivity contribution in [2.45, 2.75) is 13.0 Å². The summed E-state index contributed by atoms with van der Waals surface area (Å²) in [5.41, 5.74) is 2.37. The maximum atomic E-state index is 12.6. The normalized spacial score (nSPS) is 15.7. The molecule has 3 aromatic carbocycles. The van der Waals surface area contributed by atoms with Crippen LogP contribution in [0.15, 0.2) is 72.8 Å². The predicted octanol–water partition coefficient (Wildman–Crippen LogP) is 5.56. The van der Waals surface area contributed by atoms with Gasteiger partial charge in [-0.05, 0) is 48.0 Å². The Kier molecular flexibility index (Phi) is 6.44. The van der Waals surface area contributed by atoms with Gasteiger partial charge in [0, 0.05) is 24.3 Å². The van der Waals surface area contributed by atoms with E-state index in [9.17, 15) is 9.59 Å². The molecule has 4 rings (SSSR count). The number of carbonyl (C=O) groups is 2. The smallest absolute Gasteiger partial charge is 0.229 e. The fourth-order valence-corrected chi connectivity index (χ4v) is 3.71. The number of nitrogens with one attached hydrogen (secondary N) is 1. The van der Waals surface area contributed by atoms with Crippen LogP contribution in [-0.2, 0) is 16.2 Å². The quantitative estimate of drug-likeness (QED) is 0.529. The highest BCUT2D eigenvalue weighted by Crippen LogP contribution is 2.29. The van der Waals surface area contributed by atoms with Crippen molar-refractivity contribution >= 4 is 46.4 Å². The molecule has 1 saturated heterocycles. The van der Waals surface area contributed by atoms with Crippen molar-refractivity contribution in [1.82, 2.24) is 0 Å². The van der Waals surface area contributed by atoms with E-state index in [0.717, 1.165) is 11.3 Å². The molecule has 0 unspecified atom stereocenters. The first kappa shape index (κ1) is 21.2. The molecule has 7 heteroatoms. The summed E-state index contributed by atoms with van der Waals surface area (Å²) < 4.78 is 5.79. The first-order chi connectivity index (χ1) is 15.0. The molecule has 0 spiro atoms. The van der Waals surface area contributed by atoms with Crippen LogP contribution in [0.4, 0.5) is 11.4 Å². The average molecular weight is 455 g/mol.